The number of likely N-dealkylation sites (N-methyl/N-ethyl adjacent to an activating group) is 2. The zero-order chi connectivity index (χ0) is 11.0. The van der Waals surface area contributed by atoms with Crippen molar-refractivity contribution < 1.29 is 4.87 Å². The van der Waals surface area contributed by atoms with Crippen molar-refractivity contribution in [3.8, 4) is 0 Å². The molecule has 14 heavy (non-hydrogen) atoms. The van der Waals surface area contributed by atoms with E-state index in [2.05, 4.69) is 5.29 Å². The lowest BCUT2D eigenvalue weighted by Gasteiger charge is -2.16. The van der Waals surface area contributed by atoms with Crippen LogP contribution in [0.1, 0.15) is 20.8 Å². The molecule has 0 spiro atoms. The Morgan fingerprint density at radius 3 is 2.14 bits per heavy atom. The van der Waals surface area contributed by atoms with Crippen molar-refractivity contribution in [2.75, 3.05) is 32.7 Å². The highest BCUT2D eigenvalue weighted by Crippen LogP contribution is 1.93. The van der Waals surface area contributed by atoms with Gasteiger partial charge in [-0.25, -0.2) is 0 Å². The molecule has 0 saturated carbocycles. The lowest BCUT2D eigenvalue weighted by Crippen LogP contribution is -2.38. The molecule has 82 valence electrons. The number of nitroso groups, excluding NO2 is 2. The minimum atomic E-state index is 0.425. The van der Waals surface area contributed by atoms with Crippen LogP contribution in [0.4, 0.5) is 0 Å². The van der Waals surface area contributed by atoms with Crippen molar-refractivity contribution in [3.05, 3.63) is 9.81 Å². The molecule has 0 heterocycles. The molecule has 0 radical (unpaired) electrons. The van der Waals surface area contributed by atoms with Crippen LogP contribution in [0.3, 0.4) is 0 Å². The fourth-order valence-electron chi connectivity index (χ4n) is 1.11. The third-order valence-corrected chi connectivity index (χ3v) is 2.05. The standard InChI is InChI=1S/C8H19N4O2/c1-4-10(9-13)7-8-11(5-2)12(14)6-3/h4-8H2,1-3H3/q+1. The molecule has 0 atom stereocenters. The quantitative estimate of drug-likeness (QED) is 0.336. The molecule has 6 heteroatoms. The Labute approximate surface area is 84.4 Å². The number of hydrogen-bond acceptors (Lipinski definition) is 3. The van der Waals surface area contributed by atoms with Crippen LogP contribution >= 0.6 is 0 Å². The van der Waals surface area contributed by atoms with Gasteiger partial charge >= 0.3 is 0 Å². The molecule has 0 bridgehead atoms. The smallest absolute Gasteiger partial charge is 0.222 e. The third kappa shape index (κ3) is 4.15. The second-order valence-corrected chi connectivity index (χ2v) is 2.84. The number of rotatable bonds is 8. The molecule has 0 aliphatic rings. The van der Waals surface area contributed by atoms with Gasteiger partial charge in [0.25, 0.3) is 0 Å². The molecule has 0 N–H and O–H groups in total. The molecule has 0 unspecified atom stereocenters. The summed E-state index contributed by atoms with van der Waals surface area (Å²) in [5.74, 6) is 0. The fraction of sp³-hybridized carbons (Fsp3) is 1.00. The normalized spacial score (nSPS) is 9.64. The SMILES string of the molecule is CCN(CCN(CC)[N+](=O)CC)N=O. The van der Waals surface area contributed by atoms with Gasteiger partial charge in [0.15, 0.2) is 0 Å². The highest BCUT2D eigenvalue weighted by atomic mass is 16.3. The monoisotopic (exact) mass is 203 g/mol. The maximum absolute atomic E-state index is 11.2. The molecule has 0 amide bonds. The van der Waals surface area contributed by atoms with Crippen LogP contribution in [-0.2, 0) is 0 Å². The minimum absolute atomic E-state index is 0.425. The van der Waals surface area contributed by atoms with Crippen LogP contribution in [0.15, 0.2) is 5.29 Å². The second-order valence-electron chi connectivity index (χ2n) is 2.84. The largest absolute Gasteiger partial charge is 0.259 e. The molecule has 0 aromatic heterocycles. The maximum atomic E-state index is 11.2. The van der Waals surface area contributed by atoms with Crippen LogP contribution in [0.2, 0.25) is 0 Å². The molecule has 0 fully saturated rings. The van der Waals surface area contributed by atoms with E-state index in [0.29, 0.717) is 32.7 Å². The predicted octanol–water partition coefficient (Wildman–Crippen LogP) is 1.03. The van der Waals surface area contributed by atoms with Crippen LogP contribution in [0.5, 0.6) is 0 Å². The van der Waals surface area contributed by atoms with Crippen molar-refractivity contribution >= 4 is 0 Å². The summed E-state index contributed by atoms with van der Waals surface area (Å²) in [5, 5.41) is 5.88. The van der Waals surface area contributed by atoms with E-state index in [1.807, 2.05) is 13.8 Å². The zero-order valence-electron chi connectivity index (χ0n) is 9.14. The molecule has 0 rings (SSSR count). The Morgan fingerprint density at radius 2 is 1.79 bits per heavy atom. The Kier molecular flexibility index (Phi) is 6.61. The van der Waals surface area contributed by atoms with E-state index in [9.17, 15) is 9.81 Å². The number of nitrogens with zero attached hydrogens (tertiary/aromatic N) is 4. The molecule has 0 aromatic carbocycles. The summed E-state index contributed by atoms with van der Waals surface area (Å²) in [6.45, 7) is 8.23. The van der Waals surface area contributed by atoms with Gasteiger partial charge in [0.1, 0.15) is 4.87 Å². The van der Waals surface area contributed by atoms with Gasteiger partial charge in [-0.1, -0.05) is 0 Å². The lowest BCUT2D eigenvalue weighted by molar-refractivity contribution is -0.704. The maximum Gasteiger partial charge on any atom is 0.222 e. The van der Waals surface area contributed by atoms with E-state index in [4.69, 9.17) is 0 Å². The fourth-order valence-corrected chi connectivity index (χ4v) is 1.11. The van der Waals surface area contributed by atoms with Gasteiger partial charge in [0, 0.05) is 13.5 Å². The molecular formula is C8H19N4O2+. The van der Waals surface area contributed by atoms with Gasteiger partial charge in [-0.05, 0) is 13.8 Å². The van der Waals surface area contributed by atoms with Crippen molar-refractivity contribution in [1.29, 1.82) is 0 Å². The third-order valence-electron chi connectivity index (χ3n) is 2.05. The molecule has 0 aliphatic carbocycles. The van der Waals surface area contributed by atoms with Gasteiger partial charge < -0.3 is 0 Å². The van der Waals surface area contributed by atoms with E-state index in [1.54, 1.807) is 11.9 Å². The van der Waals surface area contributed by atoms with Gasteiger partial charge in [-0.15, -0.1) is 9.92 Å². The van der Waals surface area contributed by atoms with Gasteiger partial charge in [-0.2, -0.15) is 0 Å². The minimum Gasteiger partial charge on any atom is -0.259 e. The van der Waals surface area contributed by atoms with Crippen molar-refractivity contribution in [1.82, 2.24) is 10.0 Å². The van der Waals surface area contributed by atoms with Crippen LogP contribution < -0.4 is 0 Å². The van der Waals surface area contributed by atoms with E-state index in [-0.39, 0.29) is 0 Å². The first-order chi connectivity index (χ1) is 6.69. The Hall–Kier alpha value is -1.20. The molecule has 0 aliphatic heterocycles. The highest BCUT2D eigenvalue weighted by Gasteiger charge is 2.16. The van der Waals surface area contributed by atoms with Crippen LogP contribution in [0, 0.1) is 9.81 Å². The molecule has 6 nitrogen and oxygen atoms in total. The Morgan fingerprint density at radius 1 is 1.14 bits per heavy atom. The zero-order valence-corrected chi connectivity index (χ0v) is 9.14. The van der Waals surface area contributed by atoms with Crippen molar-refractivity contribution in [2.45, 2.75) is 20.8 Å². The first kappa shape index (κ1) is 12.8. The van der Waals surface area contributed by atoms with Crippen LogP contribution in [-0.4, -0.2) is 47.6 Å². The summed E-state index contributed by atoms with van der Waals surface area (Å²) in [4.78, 5) is 22.4. The average molecular weight is 203 g/mol. The van der Waals surface area contributed by atoms with E-state index < -0.39 is 0 Å². The molecular weight excluding hydrogens is 184 g/mol. The van der Waals surface area contributed by atoms with Gasteiger partial charge in [0.05, 0.1) is 29.8 Å². The van der Waals surface area contributed by atoms with E-state index in [0.717, 1.165) is 4.87 Å². The summed E-state index contributed by atoms with van der Waals surface area (Å²) < 4.78 is 0. The van der Waals surface area contributed by atoms with Crippen LogP contribution in [0.25, 0.3) is 0 Å². The number of hydrazine groups is 1. The van der Waals surface area contributed by atoms with Gasteiger partial charge in [0.2, 0.25) is 6.54 Å². The summed E-state index contributed by atoms with van der Waals surface area (Å²) in [5.41, 5.74) is 0. The summed E-state index contributed by atoms with van der Waals surface area (Å²) in [7, 11) is 0. The van der Waals surface area contributed by atoms with E-state index in [1.165, 1.54) is 5.01 Å². The molecule has 0 aromatic rings. The Balaban J connectivity index is 3.93. The second kappa shape index (κ2) is 7.23. The Bertz CT molecular complexity index is 186. The summed E-state index contributed by atoms with van der Waals surface area (Å²) in [6.07, 6.45) is 0. The number of hydrogen-bond donors (Lipinski definition) is 0. The molecule has 0 saturated heterocycles. The lowest BCUT2D eigenvalue weighted by atomic mass is 10.5. The first-order valence-electron chi connectivity index (χ1n) is 4.97. The van der Waals surface area contributed by atoms with Gasteiger partial charge in [-0.3, -0.25) is 5.01 Å². The van der Waals surface area contributed by atoms with E-state index >= 15 is 0 Å². The summed E-state index contributed by atoms with van der Waals surface area (Å²) in [6, 6.07) is 0. The highest BCUT2D eigenvalue weighted by molar-refractivity contribution is 4.50. The van der Waals surface area contributed by atoms with Crippen molar-refractivity contribution in [2.24, 2.45) is 5.29 Å². The first-order valence-corrected chi connectivity index (χ1v) is 4.97. The predicted molar refractivity (Wildman–Crippen MR) is 54.5 cm³/mol. The van der Waals surface area contributed by atoms with Crippen molar-refractivity contribution in [3.63, 3.8) is 0 Å². The average Bonchev–Trinajstić information content (AvgIpc) is 2.24. The topological polar surface area (TPSA) is 56.0 Å². The summed E-state index contributed by atoms with van der Waals surface area (Å²) >= 11 is 0.